The lowest BCUT2D eigenvalue weighted by Gasteiger charge is -2.22. The van der Waals surface area contributed by atoms with Crippen LogP contribution in [0.4, 0.5) is 0 Å². The molecule has 1 atom stereocenters. The average molecular weight is 319 g/mol. The van der Waals surface area contributed by atoms with Crippen LogP contribution in [0.15, 0.2) is 61.1 Å². The Morgan fingerprint density at radius 1 is 1.04 bits per heavy atom. The van der Waals surface area contributed by atoms with E-state index in [9.17, 15) is 0 Å². The Balaban J connectivity index is 1.54. The number of rotatable bonds is 4. The zero-order chi connectivity index (χ0) is 16.2. The maximum atomic E-state index is 5.81. The highest BCUT2D eigenvalue weighted by atomic mass is 16.5. The molecule has 1 unspecified atom stereocenters. The second-order valence-electron chi connectivity index (χ2n) is 6.23. The predicted octanol–water partition coefficient (Wildman–Crippen LogP) is 4.18. The van der Waals surface area contributed by atoms with Crippen molar-refractivity contribution < 1.29 is 4.74 Å². The number of hydrogen-bond acceptors (Lipinski definition) is 3. The van der Waals surface area contributed by atoms with Crippen molar-refractivity contribution >= 4 is 0 Å². The third-order valence-corrected chi connectivity index (χ3v) is 4.46. The molecule has 0 radical (unpaired) electrons. The van der Waals surface area contributed by atoms with E-state index in [-0.39, 0.29) is 0 Å². The van der Waals surface area contributed by atoms with Crippen LogP contribution in [0.1, 0.15) is 19.3 Å². The Bertz CT molecular complexity index is 791. The van der Waals surface area contributed by atoms with Gasteiger partial charge in [0.15, 0.2) is 0 Å². The quantitative estimate of drug-likeness (QED) is 0.724. The second kappa shape index (κ2) is 6.97. The van der Waals surface area contributed by atoms with Crippen LogP contribution in [0.5, 0.6) is 0 Å². The van der Waals surface area contributed by atoms with E-state index in [0.29, 0.717) is 6.10 Å². The molecule has 0 saturated carbocycles. The second-order valence-corrected chi connectivity index (χ2v) is 6.23. The summed E-state index contributed by atoms with van der Waals surface area (Å²) in [4.78, 5) is 4.20. The number of pyridine rings is 1. The van der Waals surface area contributed by atoms with Gasteiger partial charge < -0.3 is 4.74 Å². The minimum atomic E-state index is 0.299. The molecule has 3 aromatic rings. The molecule has 1 saturated heterocycles. The molecule has 0 spiro atoms. The van der Waals surface area contributed by atoms with Crippen molar-refractivity contribution in [1.82, 2.24) is 14.8 Å². The number of nitrogens with zero attached hydrogens (tertiary/aromatic N) is 3. The third kappa shape index (κ3) is 3.39. The van der Waals surface area contributed by atoms with Crippen molar-refractivity contribution in [3.63, 3.8) is 0 Å². The van der Waals surface area contributed by atoms with Gasteiger partial charge in [-0.3, -0.25) is 9.67 Å². The first-order valence-electron chi connectivity index (χ1n) is 8.54. The fourth-order valence-electron chi connectivity index (χ4n) is 3.17. The summed E-state index contributed by atoms with van der Waals surface area (Å²) in [6, 6.07) is 14.6. The first-order valence-corrected chi connectivity index (χ1v) is 8.54. The topological polar surface area (TPSA) is 39.9 Å². The molecule has 24 heavy (non-hydrogen) atoms. The molecule has 4 nitrogen and oxygen atoms in total. The maximum Gasteiger partial charge on any atom is 0.0923 e. The van der Waals surface area contributed by atoms with Crippen LogP contribution >= 0.6 is 0 Å². The normalized spacial score (nSPS) is 17.8. The smallest absolute Gasteiger partial charge is 0.0923 e. The van der Waals surface area contributed by atoms with Gasteiger partial charge >= 0.3 is 0 Å². The van der Waals surface area contributed by atoms with E-state index in [4.69, 9.17) is 9.84 Å². The van der Waals surface area contributed by atoms with Crippen LogP contribution in [0, 0.1) is 0 Å². The van der Waals surface area contributed by atoms with Crippen molar-refractivity contribution in [2.75, 3.05) is 6.61 Å². The molecule has 0 amide bonds. The minimum absolute atomic E-state index is 0.299. The van der Waals surface area contributed by atoms with E-state index in [1.54, 1.807) is 6.20 Å². The van der Waals surface area contributed by atoms with Crippen LogP contribution in [0.2, 0.25) is 0 Å². The van der Waals surface area contributed by atoms with E-state index in [2.05, 4.69) is 41.4 Å². The monoisotopic (exact) mass is 319 g/mol. The minimum Gasteiger partial charge on any atom is -0.376 e. The van der Waals surface area contributed by atoms with Gasteiger partial charge in [0, 0.05) is 36.3 Å². The molecular weight excluding hydrogens is 298 g/mol. The average Bonchev–Trinajstić information content (AvgIpc) is 3.12. The van der Waals surface area contributed by atoms with Gasteiger partial charge in [-0.05, 0) is 43.0 Å². The van der Waals surface area contributed by atoms with E-state index >= 15 is 0 Å². The molecule has 1 aromatic carbocycles. The largest absolute Gasteiger partial charge is 0.376 e. The van der Waals surface area contributed by atoms with Gasteiger partial charge in [0.2, 0.25) is 0 Å². The van der Waals surface area contributed by atoms with Crippen LogP contribution in [-0.4, -0.2) is 27.5 Å². The summed E-state index contributed by atoms with van der Waals surface area (Å²) in [7, 11) is 0. The summed E-state index contributed by atoms with van der Waals surface area (Å²) in [6.07, 6.45) is 9.60. The number of aromatic nitrogens is 3. The highest BCUT2D eigenvalue weighted by molar-refractivity contribution is 5.70. The fourth-order valence-corrected chi connectivity index (χ4v) is 3.17. The van der Waals surface area contributed by atoms with Crippen LogP contribution in [0.3, 0.4) is 0 Å². The van der Waals surface area contributed by atoms with Crippen LogP contribution < -0.4 is 0 Å². The first-order chi connectivity index (χ1) is 11.9. The Hall–Kier alpha value is -2.46. The Kier molecular flexibility index (Phi) is 4.38. The van der Waals surface area contributed by atoms with Crippen molar-refractivity contribution in [3.8, 4) is 22.4 Å². The Morgan fingerprint density at radius 3 is 2.79 bits per heavy atom. The van der Waals surface area contributed by atoms with Gasteiger partial charge in [0.25, 0.3) is 0 Å². The lowest BCUT2D eigenvalue weighted by Crippen LogP contribution is -2.24. The SMILES string of the molecule is c1cncc(-c2cccc(-c3ccn(CC4CCCCO4)n3)c2)c1. The molecule has 0 bridgehead atoms. The van der Waals surface area contributed by atoms with Gasteiger partial charge in [-0.2, -0.15) is 5.10 Å². The van der Waals surface area contributed by atoms with Gasteiger partial charge in [-0.1, -0.05) is 24.3 Å². The van der Waals surface area contributed by atoms with Crippen LogP contribution in [0.25, 0.3) is 22.4 Å². The highest BCUT2D eigenvalue weighted by Gasteiger charge is 2.15. The predicted molar refractivity (Wildman–Crippen MR) is 94.5 cm³/mol. The molecule has 4 rings (SSSR count). The lowest BCUT2D eigenvalue weighted by molar-refractivity contribution is 0.00403. The molecule has 2 aromatic heterocycles. The summed E-state index contributed by atoms with van der Waals surface area (Å²) in [5, 5.41) is 4.73. The number of hydrogen-bond donors (Lipinski definition) is 0. The zero-order valence-corrected chi connectivity index (χ0v) is 13.6. The maximum absolute atomic E-state index is 5.81. The molecular formula is C20H21N3O. The van der Waals surface area contributed by atoms with Crippen molar-refractivity contribution in [2.24, 2.45) is 0 Å². The Labute approximate surface area is 142 Å². The third-order valence-electron chi connectivity index (χ3n) is 4.46. The van der Waals surface area contributed by atoms with Gasteiger partial charge in [0.1, 0.15) is 0 Å². The van der Waals surface area contributed by atoms with Crippen molar-refractivity contribution in [3.05, 3.63) is 61.1 Å². The summed E-state index contributed by atoms with van der Waals surface area (Å²) in [5.41, 5.74) is 4.40. The van der Waals surface area contributed by atoms with E-state index in [1.165, 1.54) is 12.8 Å². The van der Waals surface area contributed by atoms with Gasteiger partial charge in [0.05, 0.1) is 18.3 Å². The summed E-state index contributed by atoms with van der Waals surface area (Å²) in [5.74, 6) is 0. The van der Waals surface area contributed by atoms with E-state index in [0.717, 1.165) is 42.0 Å². The molecule has 122 valence electrons. The highest BCUT2D eigenvalue weighted by Crippen LogP contribution is 2.25. The zero-order valence-electron chi connectivity index (χ0n) is 13.6. The standard InChI is InChI=1S/C20H21N3O/c1-2-12-24-19(8-1)15-23-11-9-20(22-23)17-6-3-5-16(13-17)18-7-4-10-21-14-18/h3-7,9-11,13-14,19H,1-2,8,12,15H2. The molecule has 3 heterocycles. The van der Waals surface area contributed by atoms with Gasteiger partial charge in [-0.25, -0.2) is 0 Å². The molecule has 1 aliphatic rings. The fraction of sp³-hybridized carbons (Fsp3) is 0.300. The molecule has 1 fully saturated rings. The lowest BCUT2D eigenvalue weighted by atomic mass is 10.0. The molecule has 4 heteroatoms. The summed E-state index contributed by atoms with van der Waals surface area (Å²) < 4.78 is 7.81. The molecule has 1 aliphatic heterocycles. The van der Waals surface area contributed by atoms with E-state index in [1.807, 2.05) is 23.1 Å². The number of ether oxygens (including phenoxy) is 1. The molecule has 0 aliphatic carbocycles. The first kappa shape index (κ1) is 15.1. The number of benzene rings is 1. The van der Waals surface area contributed by atoms with Crippen molar-refractivity contribution in [1.29, 1.82) is 0 Å². The molecule has 0 N–H and O–H groups in total. The van der Waals surface area contributed by atoms with E-state index < -0.39 is 0 Å². The van der Waals surface area contributed by atoms with Crippen LogP contribution in [-0.2, 0) is 11.3 Å². The summed E-state index contributed by atoms with van der Waals surface area (Å²) in [6.45, 7) is 1.72. The summed E-state index contributed by atoms with van der Waals surface area (Å²) >= 11 is 0. The van der Waals surface area contributed by atoms with Gasteiger partial charge in [-0.15, -0.1) is 0 Å². The Morgan fingerprint density at radius 2 is 1.96 bits per heavy atom. The van der Waals surface area contributed by atoms with Crippen molar-refractivity contribution in [2.45, 2.75) is 31.9 Å².